The number of nitrogens with one attached hydrogen (secondary N) is 1. The van der Waals surface area contributed by atoms with Gasteiger partial charge in [-0.1, -0.05) is 11.2 Å². The lowest BCUT2D eigenvalue weighted by molar-refractivity contribution is -0.136. The monoisotopic (exact) mass is 304 g/mol. The summed E-state index contributed by atoms with van der Waals surface area (Å²) in [6.07, 6.45) is 1.68. The van der Waals surface area contributed by atoms with Crippen molar-refractivity contribution < 1.29 is 23.6 Å². The number of aliphatic carboxylic acids is 1. The SMILES string of the molecule is O=C(O)Cc1ccc(NC(=O)c2cc(C3CC3)no2)cc1F. The standard InChI is InChI=1S/C15H13FN2O4/c16-11-6-10(4-3-9(11)5-14(19)20)17-15(21)13-7-12(18-22-13)8-1-2-8/h3-4,6-8H,1-2,5H2,(H,17,21)(H,19,20). The van der Waals surface area contributed by atoms with Gasteiger partial charge in [0.2, 0.25) is 5.76 Å². The fourth-order valence-corrected chi connectivity index (χ4v) is 2.09. The molecule has 0 spiro atoms. The fourth-order valence-electron chi connectivity index (χ4n) is 2.09. The second-order valence-corrected chi connectivity index (χ2v) is 5.22. The van der Waals surface area contributed by atoms with E-state index in [-0.39, 0.29) is 17.0 Å². The third-order valence-electron chi connectivity index (χ3n) is 3.40. The van der Waals surface area contributed by atoms with Crippen molar-refractivity contribution in [1.29, 1.82) is 0 Å². The average molecular weight is 304 g/mol. The molecule has 0 bridgehead atoms. The predicted molar refractivity (Wildman–Crippen MR) is 74.2 cm³/mol. The van der Waals surface area contributed by atoms with Crippen LogP contribution in [0.25, 0.3) is 0 Å². The van der Waals surface area contributed by atoms with Gasteiger partial charge >= 0.3 is 5.97 Å². The van der Waals surface area contributed by atoms with Crippen LogP contribution in [0.15, 0.2) is 28.8 Å². The molecule has 1 heterocycles. The molecule has 1 aromatic carbocycles. The molecule has 0 unspecified atom stereocenters. The minimum atomic E-state index is -1.12. The van der Waals surface area contributed by atoms with Crippen molar-refractivity contribution in [2.45, 2.75) is 25.2 Å². The molecule has 1 aliphatic carbocycles. The number of hydrogen-bond donors (Lipinski definition) is 2. The Bertz CT molecular complexity index is 737. The Morgan fingerprint density at radius 2 is 2.14 bits per heavy atom. The van der Waals surface area contributed by atoms with Crippen molar-refractivity contribution in [2.24, 2.45) is 0 Å². The molecule has 2 aromatic rings. The van der Waals surface area contributed by atoms with Gasteiger partial charge in [0.1, 0.15) is 5.82 Å². The van der Waals surface area contributed by atoms with Crippen LogP contribution in [0.5, 0.6) is 0 Å². The molecule has 114 valence electrons. The van der Waals surface area contributed by atoms with Crippen LogP contribution in [-0.4, -0.2) is 22.1 Å². The molecule has 1 fully saturated rings. The normalized spacial score (nSPS) is 13.9. The third kappa shape index (κ3) is 3.13. The Hall–Kier alpha value is -2.70. The number of rotatable bonds is 5. The summed E-state index contributed by atoms with van der Waals surface area (Å²) in [5.41, 5.74) is 1.04. The van der Waals surface area contributed by atoms with Crippen LogP contribution in [0.3, 0.4) is 0 Å². The molecule has 22 heavy (non-hydrogen) atoms. The van der Waals surface area contributed by atoms with Gasteiger partial charge in [0, 0.05) is 17.7 Å². The molecule has 0 atom stereocenters. The number of carboxylic acids is 1. The van der Waals surface area contributed by atoms with Gasteiger partial charge in [-0.05, 0) is 30.5 Å². The van der Waals surface area contributed by atoms with E-state index in [9.17, 15) is 14.0 Å². The summed E-state index contributed by atoms with van der Waals surface area (Å²) in [4.78, 5) is 22.6. The minimum absolute atomic E-state index is 0.0567. The van der Waals surface area contributed by atoms with E-state index in [2.05, 4.69) is 10.5 Å². The summed E-state index contributed by atoms with van der Waals surface area (Å²) in [6, 6.07) is 5.43. The summed E-state index contributed by atoms with van der Waals surface area (Å²) in [6.45, 7) is 0. The second-order valence-electron chi connectivity index (χ2n) is 5.22. The maximum atomic E-state index is 13.7. The van der Waals surface area contributed by atoms with Gasteiger partial charge in [0.05, 0.1) is 12.1 Å². The first kappa shape index (κ1) is 14.2. The van der Waals surface area contributed by atoms with Crippen LogP contribution in [0, 0.1) is 5.82 Å². The summed E-state index contributed by atoms with van der Waals surface area (Å²) in [5.74, 6) is -1.89. The second kappa shape index (κ2) is 5.59. The van der Waals surface area contributed by atoms with E-state index in [1.165, 1.54) is 12.1 Å². The molecular formula is C15H13FN2O4. The number of amides is 1. The number of carboxylic acid groups (broad SMARTS) is 1. The molecule has 7 heteroatoms. The molecule has 1 aromatic heterocycles. The Morgan fingerprint density at radius 3 is 2.77 bits per heavy atom. The lowest BCUT2D eigenvalue weighted by atomic mass is 10.1. The molecule has 1 aliphatic rings. The lowest BCUT2D eigenvalue weighted by Crippen LogP contribution is -2.11. The van der Waals surface area contributed by atoms with Gasteiger partial charge in [-0.2, -0.15) is 0 Å². The number of aromatic nitrogens is 1. The zero-order chi connectivity index (χ0) is 15.7. The van der Waals surface area contributed by atoms with Crippen molar-refractivity contribution in [2.75, 3.05) is 5.32 Å². The van der Waals surface area contributed by atoms with Crippen LogP contribution in [0.2, 0.25) is 0 Å². The number of halogens is 1. The van der Waals surface area contributed by atoms with Gasteiger partial charge < -0.3 is 14.9 Å². The molecule has 1 saturated carbocycles. The van der Waals surface area contributed by atoms with Crippen molar-refractivity contribution in [3.63, 3.8) is 0 Å². The number of carbonyl (C=O) groups excluding carboxylic acids is 1. The Kier molecular flexibility index (Phi) is 3.62. The van der Waals surface area contributed by atoms with Gasteiger partial charge in [0.15, 0.2) is 0 Å². The van der Waals surface area contributed by atoms with Crippen LogP contribution < -0.4 is 5.32 Å². The molecule has 2 N–H and O–H groups in total. The van der Waals surface area contributed by atoms with E-state index in [1.54, 1.807) is 6.07 Å². The summed E-state index contributed by atoms with van der Waals surface area (Å²) < 4.78 is 18.7. The highest BCUT2D eigenvalue weighted by atomic mass is 19.1. The van der Waals surface area contributed by atoms with Gasteiger partial charge in [0.25, 0.3) is 5.91 Å². The Labute approximate surface area is 124 Å². The van der Waals surface area contributed by atoms with Crippen LogP contribution in [0.4, 0.5) is 10.1 Å². The van der Waals surface area contributed by atoms with E-state index in [0.29, 0.717) is 5.92 Å². The zero-order valence-corrected chi connectivity index (χ0v) is 11.5. The molecule has 0 aliphatic heterocycles. The smallest absolute Gasteiger partial charge is 0.307 e. The van der Waals surface area contributed by atoms with E-state index >= 15 is 0 Å². The van der Waals surface area contributed by atoms with E-state index < -0.39 is 24.1 Å². The Morgan fingerprint density at radius 1 is 1.36 bits per heavy atom. The van der Waals surface area contributed by atoms with Crippen LogP contribution in [-0.2, 0) is 11.2 Å². The highest BCUT2D eigenvalue weighted by molar-refractivity contribution is 6.02. The van der Waals surface area contributed by atoms with Gasteiger partial charge in [-0.25, -0.2) is 4.39 Å². The quantitative estimate of drug-likeness (QED) is 0.885. The zero-order valence-electron chi connectivity index (χ0n) is 11.5. The maximum absolute atomic E-state index is 13.7. The minimum Gasteiger partial charge on any atom is -0.481 e. The molecule has 1 amide bonds. The summed E-state index contributed by atoms with van der Waals surface area (Å²) >= 11 is 0. The average Bonchev–Trinajstić information content (AvgIpc) is 3.19. The summed E-state index contributed by atoms with van der Waals surface area (Å²) in [7, 11) is 0. The van der Waals surface area contributed by atoms with Crippen LogP contribution in [0.1, 0.15) is 40.6 Å². The first-order valence-electron chi connectivity index (χ1n) is 6.81. The predicted octanol–water partition coefficient (Wildman–Crippen LogP) is 2.57. The lowest BCUT2D eigenvalue weighted by Gasteiger charge is -2.05. The highest BCUT2D eigenvalue weighted by Gasteiger charge is 2.28. The number of anilines is 1. The van der Waals surface area contributed by atoms with E-state index in [1.807, 2.05) is 0 Å². The molecule has 0 saturated heterocycles. The van der Waals surface area contributed by atoms with Gasteiger partial charge in [-0.15, -0.1) is 0 Å². The first-order valence-corrected chi connectivity index (χ1v) is 6.81. The number of hydrogen-bond acceptors (Lipinski definition) is 4. The largest absolute Gasteiger partial charge is 0.481 e. The van der Waals surface area contributed by atoms with E-state index in [4.69, 9.17) is 9.63 Å². The Balaban J connectivity index is 1.70. The third-order valence-corrected chi connectivity index (χ3v) is 3.40. The van der Waals surface area contributed by atoms with Crippen molar-refractivity contribution in [3.05, 3.63) is 47.1 Å². The molecular weight excluding hydrogens is 291 g/mol. The molecule has 6 nitrogen and oxygen atoms in total. The maximum Gasteiger partial charge on any atom is 0.307 e. The highest BCUT2D eigenvalue weighted by Crippen LogP contribution is 2.39. The number of carbonyl (C=O) groups is 2. The molecule has 0 radical (unpaired) electrons. The van der Waals surface area contributed by atoms with Crippen molar-refractivity contribution >= 4 is 17.6 Å². The summed E-state index contributed by atoms with van der Waals surface area (Å²) in [5, 5.41) is 15.0. The van der Waals surface area contributed by atoms with Gasteiger partial charge in [-0.3, -0.25) is 9.59 Å². The number of benzene rings is 1. The number of nitrogens with zero attached hydrogens (tertiary/aromatic N) is 1. The van der Waals surface area contributed by atoms with Crippen molar-refractivity contribution in [3.8, 4) is 0 Å². The fraction of sp³-hybridized carbons (Fsp3) is 0.267. The van der Waals surface area contributed by atoms with E-state index in [0.717, 1.165) is 24.6 Å². The van der Waals surface area contributed by atoms with Crippen molar-refractivity contribution in [1.82, 2.24) is 5.16 Å². The first-order chi connectivity index (χ1) is 10.5. The topological polar surface area (TPSA) is 92.4 Å². The van der Waals surface area contributed by atoms with Crippen LogP contribution >= 0.6 is 0 Å². The molecule has 3 rings (SSSR count).